The Kier molecular flexibility index (Phi) is 6.42. The van der Waals surface area contributed by atoms with Crippen LogP contribution in [0.15, 0.2) is 53.9 Å². The quantitative estimate of drug-likeness (QED) is 0.522. The largest absolute Gasteiger partial charge is 0.497 e. The van der Waals surface area contributed by atoms with E-state index in [2.05, 4.69) is 0 Å². The summed E-state index contributed by atoms with van der Waals surface area (Å²) in [7, 11) is 3.30. The van der Waals surface area contributed by atoms with Crippen molar-refractivity contribution in [2.75, 3.05) is 32.2 Å². The molecule has 31 heavy (non-hydrogen) atoms. The molecule has 7 heteroatoms. The minimum Gasteiger partial charge on any atom is -0.497 e. The molecule has 1 saturated heterocycles. The summed E-state index contributed by atoms with van der Waals surface area (Å²) in [5.41, 5.74) is 2.80. The number of likely N-dealkylation sites (tertiary alicyclic amines) is 1. The third kappa shape index (κ3) is 4.51. The van der Waals surface area contributed by atoms with E-state index in [0.717, 1.165) is 59.5 Å². The van der Waals surface area contributed by atoms with Crippen molar-refractivity contribution >= 4 is 28.1 Å². The average molecular weight is 438 g/mol. The van der Waals surface area contributed by atoms with E-state index in [9.17, 15) is 4.79 Å². The molecule has 162 valence electrons. The number of hydrogen-bond donors (Lipinski definition) is 0. The fraction of sp³-hybridized carbons (Fsp3) is 0.333. The van der Waals surface area contributed by atoms with Gasteiger partial charge in [0.15, 0.2) is 5.13 Å². The summed E-state index contributed by atoms with van der Waals surface area (Å²) < 4.78 is 10.6. The van der Waals surface area contributed by atoms with E-state index in [1.165, 1.54) is 11.3 Å². The van der Waals surface area contributed by atoms with E-state index in [1.807, 2.05) is 70.6 Å². The van der Waals surface area contributed by atoms with Gasteiger partial charge in [0.05, 0.1) is 19.9 Å². The maximum atomic E-state index is 13.2. The van der Waals surface area contributed by atoms with Crippen LogP contribution in [0.25, 0.3) is 11.3 Å². The number of carbonyl (C=O) groups excluding carboxylic acids is 1. The minimum atomic E-state index is -0.360. The Hall–Kier alpha value is -3.06. The Labute approximate surface area is 187 Å². The maximum Gasteiger partial charge on any atom is 0.245 e. The number of ether oxygens (including phenoxy) is 2. The normalized spacial score (nSPS) is 14.4. The van der Waals surface area contributed by atoms with Crippen molar-refractivity contribution in [2.45, 2.75) is 25.8 Å². The lowest BCUT2D eigenvalue weighted by Gasteiger charge is -2.31. The molecule has 3 aromatic rings. The molecule has 0 saturated carbocycles. The summed E-state index contributed by atoms with van der Waals surface area (Å²) in [6.45, 7) is 3.61. The number of benzene rings is 2. The van der Waals surface area contributed by atoms with E-state index >= 15 is 0 Å². The molecule has 1 aliphatic rings. The van der Waals surface area contributed by atoms with Crippen LogP contribution in [0.4, 0.5) is 10.8 Å². The number of hydrogen-bond acceptors (Lipinski definition) is 6. The van der Waals surface area contributed by atoms with Crippen molar-refractivity contribution in [3.63, 3.8) is 0 Å². The lowest BCUT2D eigenvalue weighted by molar-refractivity contribution is -0.131. The first kappa shape index (κ1) is 21.2. The molecule has 1 aliphatic heterocycles. The number of aromatic nitrogens is 1. The monoisotopic (exact) mass is 437 g/mol. The Bertz CT molecular complexity index is 1010. The van der Waals surface area contributed by atoms with Crippen molar-refractivity contribution in [3.05, 3.63) is 53.9 Å². The van der Waals surface area contributed by atoms with Gasteiger partial charge in [0, 0.05) is 29.7 Å². The molecule has 1 amide bonds. The molecule has 1 unspecified atom stereocenters. The number of methoxy groups -OCH3 is 2. The van der Waals surface area contributed by atoms with Gasteiger partial charge in [-0.2, -0.15) is 0 Å². The van der Waals surface area contributed by atoms with Gasteiger partial charge in [0.25, 0.3) is 0 Å². The zero-order chi connectivity index (χ0) is 21.8. The van der Waals surface area contributed by atoms with Crippen LogP contribution in [0.1, 0.15) is 19.8 Å². The first-order valence-electron chi connectivity index (χ1n) is 10.4. The Morgan fingerprint density at radius 1 is 1.00 bits per heavy atom. The number of nitrogens with zero attached hydrogens (tertiary/aromatic N) is 3. The second kappa shape index (κ2) is 9.39. The summed E-state index contributed by atoms with van der Waals surface area (Å²) >= 11 is 1.54. The van der Waals surface area contributed by atoms with Gasteiger partial charge in [0.1, 0.15) is 17.5 Å². The van der Waals surface area contributed by atoms with Gasteiger partial charge in [-0.25, -0.2) is 4.98 Å². The highest BCUT2D eigenvalue weighted by Gasteiger charge is 2.30. The number of carbonyl (C=O) groups is 1. The van der Waals surface area contributed by atoms with Crippen LogP contribution in [0.5, 0.6) is 11.5 Å². The summed E-state index contributed by atoms with van der Waals surface area (Å²) in [6, 6.07) is 15.2. The fourth-order valence-corrected chi connectivity index (χ4v) is 4.76. The first-order valence-corrected chi connectivity index (χ1v) is 11.3. The molecule has 0 radical (unpaired) electrons. The maximum absolute atomic E-state index is 13.2. The molecule has 4 rings (SSSR count). The highest BCUT2D eigenvalue weighted by molar-refractivity contribution is 7.14. The van der Waals surface area contributed by atoms with E-state index in [1.54, 1.807) is 14.2 Å². The van der Waals surface area contributed by atoms with Crippen molar-refractivity contribution in [1.82, 2.24) is 9.88 Å². The first-order chi connectivity index (χ1) is 15.1. The van der Waals surface area contributed by atoms with Gasteiger partial charge in [-0.1, -0.05) is 0 Å². The minimum absolute atomic E-state index is 0.134. The molecular formula is C24H27N3O3S. The smallest absolute Gasteiger partial charge is 0.245 e. The number of anilines is 2. The molecule has 0 bridgehead atoms. The van der Waals surface area contributed by atoms with Gasteiger partial charge in [0.2, 0.25) is 5.91 Å². The van der Waals surface area contributed by atoms with E-state index in [0.29, 0.717) is 0 Å². The van der Waals surface area contributed by atoms with E-state index < -0.39 is 0 Å². The predicted molar refractivity (Wildman–Crippen MR) is 125 cm³/mol. The summed E-state index contributed by atoms with van der Waals surface area (Å²) in [5.74, 6) is 1.72. The molecular weight excluding hydrogens is 410 g/mol. The van der Waals surface area contributed by atoms with Crippen LogP contribution in [0.2, 0.25) is 0 Å². The van der Waals surface area contributed by atoms with E-state index in [-0.39, 0.29) is 11.9 Å². The number of amides is 1. The van der Waals surface area contributed by atoms with Crippen LogP contribution >= 0.6 is 11.3 Å². The zero-order valence-electron chi connectivity index (χ0n) is 18.1. The van der Waals surface area contributed by atoms with Gasteiger partial charge in [-0.3, -0.25) is 4.79 Å². The topological polar surface area (TPSA) is 54.9 Å². The van der Waals surface area contributed by atoms with Crippen molar-refractivity contribution in [2.24, 2.45) is 0 Å². The SMILES string of the molecule is COc1ccc(-c2csc(N(c3ccc(OC)cc3)C(C)C(=O)N3CCCC3)n2)cc1. The molecule has 0 N–H and O–H groups in total. The molecule has 1 fully saturated rings. The molecule has 2 aromatic carbocycles. The van der Waals surface area contributed by atoms with Crippen LogP contribution in [0, 0.1) is 0 Å². The van der Waals surface area contributed by atoms with Crippen molar-refractivity contribution < 1.29 is 14.3 Å². The third-order valence-corrected chi connectivity index (χ3v) is 6.44. The molecule has 0 aliphatic carbocycles. The molecule has 0 spiro atoms. The third-order valence-electron chi connectivity index (χ3n) is 5.60. The second-order valence-electron chi connectivity index (χ2n) is 7.52. The Morgan fingerprint density at radius 3 is 2.16 bits per heavy atom. The zero-order valence-corrected chi connectivity index (χ0v) is 18.9. The van der Waals surface area contributed by atoms with Crippen LogP contribution in [-0.4, -0.2) is 49.1 Å². The standard InChI is InChI=1S/C24H27N3O3S/c1-17(23(28)26-14-4-5-15-26)27(19-8-12-21(30-3)13-9-19)24-25-22(16-31-24)18-6-10-20(29-2)11-7-18/h6-13,16-17H,4-5,14-15H2,1-3H3. The van der Waals surface area contributed by atoms with Crippen LogP contribution in [-0.2, 0) is 4.79 Å². The van der Waals surface area contributed by atoms with Gasteiger partial charge in [-0.15, -0.1) is 11.3 Å². The average Bonchev–Trinajstić information content (AvgIpc) is 3.52. The lowest BCUT2D eigenvalue weighted by Crippen LogP contribution is -2.44. The fourth-order valence-electron chi connectivity index (χ4n) is 3.82. The van der Waals surface area contributed by atoms with Crippen LogP contribution in [0.3, 0.4) is 0 Å². The summed E-state index contributed by atoms with van der Waals surface area (Å²) in [6.07, 6.45) is 2.14. The molecule has 6 nitrogen and oxygen atoms in total. The Balaban J connectivity index is 1.67. The molecule has 2 heterocycles. The summed E-state index contributed by atoms with van der Waals surface area (Å²) in [4.78, 5) is 22.1. The van der Waals surface area contributed by atoms with Gasteiger partial charge >= 0.3 is 0 Å². The summed E-state index contributed by atoms with van der Waals surface area (Å²) in [5, 5.41) is 2.82. The van der Waals surface area contributed by atoms with E-state index in [4.69, 9.17) is 14.5 Å². The predicted octanol–water partition coefficient (Wildman–Crippen LogP) is 4.98. The lowest BCUT2D eigenvalue weighted by atomic mass is 10.2. The molecule has 1 atom stereocenters. The highest BCUT2D eigenvalue weighted by atomic mass is 32.1. The van der Waals surface area contributed by atoms with Crippen molar-refractivity contribution in [1.29, 1.82) is 0 Å². The molecule has 1 aromatic heterocycles. The van der Waals surface area contributed by atoms with Crippen LogP contribution < -0.4 is 14.4 Å². The number of thiazole rings is 1. The highest BCUT2D eigenvalue weighted by Crippen LogP contribution is 2.35. The number of rotatable bonds is 7. The van der Waals surface area contributed by atoms with Crippen molar-refractivity contribution in [3.8, 4) is 22.8 Å². The second-order valence-corrected chi connectivity index (χ2v) is 8.36. The van der Waals surface area contributed by atoms with Gasteiger partial charge in [-0.05, 0) is 68.3 Å². The Morgan fingerprint density at radius 2 is 1.58 bits per heavy atom. The van der Waals surface area contributed by atoms with Gasteiger partial charge < -0.3 is 19.3 Å².